The van der Waals surface area contributed by atoms with Gasteiger partial charge in [0, 0.05) is 49.3 Å². The molecule has 0 saturated carbocycles. The highest BCUT2D eigenvalue weighted by Gasteiger charge is 2.18. The van der Waals surface area contributed by atoms with Crippen LogP contribution in [0.2, 0.25) is 0 Å². The first-order chi connectivity index (χ1) is 10.1. The summed E-state index contributed by atoms with van der Waals surface area (Å²) in [5.74, 6) is 1.87. The minimum atomic E-state index is 0.817. The normalized spacial score (nSPS) is 15.3. The molecule has 1 aliphatic heterocycles. The van der Waals surface area contributed by atoms with Gasteiger partial charge in [-0.15, -0.1) is 0 Å². The Labute approximate surface area is 125 Å². The van der Waals surface area contributed by atoms with Crippen LogP contribution in [0.25, 0.3) is 0 Å². The van der Waals surface area contributed by atoms with Crippen molar-refractivity contribution in [1.82, 2.24) is 9.97 Å². The molecule has 1 saturated heterocycles. The summed E-state index contributed by atoms with van der Waals surface area (Å²) in [5, 5.41) is 0. The summed E-state index contributed by atoms with van der Waals surface area (Å²) < 4.78 is 0. The maximum atomic E-state index is 5.86. The minimum Gasteiger partial charge on any atom is -0.399 e. The number of nitrogen functional groups attached to an aromatic ring is 1. The number of rotatable bonds is 2. The van der Waals surface area contributed by atoms with Gasteiger partial charge in [0.05, 0.1) is 0 Å². The van der Waals surface area contributed by atoms with E-state index in [4.69, 9.17) is 5.73 Å². The monoisotopic (exact) mass is 283 g/mol. The largest absolute Gasteiger partial charge is 0.399 e. The van der Waals surface area contributed by atoms with Crippen molar-refractivity contribution >= 4 is 17.2 Å². The number of piperazine rings is 1. The molecule has 0 spiro atoms. The second-order valence-electron chi connectivity index (χ2n) is 5.48. The summed E-state index contributed by atoms with van der Waals surface area (Å²) in [7, 11) is 0. The van der Waals surface area contributed by atoms with Gasteiger partial charge >= 0.3 is 0 Å². The number of hydrogen-bond donors (Lipinski definition) is 1. The number of aromatic nitrogens is 2. The van der Waals surface area contributed by atoms with E-state index in [9.17, 15) is 0 Å². The van der Waals surface area contributed by atoms with Crippen molar-refractivity contribution in [1.29, 1.82) is 0 Å². The van der Waals surface area contributed by atoms with E-state index < -0.39 is 0 Å². The minimum absolute atomic E-state index is 0.817. The predicted octanol–water partition coefficient (Wildman–Crippen LogP) is 2.00. The van der Waals surface area contributed by atoms with Gasteiger partial charge in [-0.05, 0) is 32.0 Å². The van der Waals surface area contributed by atoms with Crippen molar-refractivity contribution in [3.05, 3.63) is 41.9 Å². The molecule has 2 heterocycles. The van der Waals surface area contributed by atoms with Gasteiger partial charge in [-0.2, -0.15) is 0 Å². The van der Waals surface area contributed by atoms with Crippen LogP contribution in [0.5, 0.6) is 0 Å². The maximum absolute atomic E-state index is 5.86. The van der Waals surface area contributed by atoms with Crippen LogP contribution in [0, 0.1) is 13.8 Å². The lowest BCUT2D eigenvalue weighted by Gasteiger charge is -2.37. The second kappa shape index (κ2) is 5.60. The van der Waals surface area contributed by atoms with E-state index in [0.29, 0.717) is 0 Å². The maximum Gasteiger partial charge on any atom is 0.132 e. The number of anilines is 3. The molecule has 0 aliphatic carbocycles. The average Bonchev–Trinajstić information content (AvgIpc) is 2.46. The smallest absolute Gasteiger partial charge is 0.132 e. The van der Waals surface area contributed by atoms with Crippen LogP contribution in [-0.2, 0) is 0 Å². The third kappa shape index (κ3) is 3.07. The van der Waals surface area contributed by atoms with Crippen molar-refractivity contribution in [2.75, 3.05) is 41.7 Å². The Hall–Kier alpha value is -2.30. The van der Waals surface area contributed by atoms with Crippen molar-refractivity contribution in [2.45, 2.75) is 13.8 Å². The highest BCUT2D eigenvalue weighted by molar-refractivity contribution is 5.57. The van der Waals surface area contributed by atoms with E-state index in [1.54, 1.807) is 0 Å². The number of aryl methyl sites for hydroxylation is 2. The van der Waals surface area contributed by atoms with Gasteiger partial charge in [0.2, 0.25) is 0 Å². The Morgan fingerprint density at radius 2 is 1.67 bits per heavy atom. The fourth-order valence-corrected chi connectivity index (χ4v) is 2.77. The molecule has 0 radical (unpaired) electrons. The summed E-state index contributed by atoms with van der Waals surface area (Å²) in [4.78, 5) is 13.6. The van der Waals surface area contributed by atoms with Gasteiger partial charge in [-0.3, -0.25) is 0 Å². The van der Waals surface area contributed by atoms with E-state index in [1.807, 2.05) is 32.0 Å². The van der Waals surface area contributed by atoms with Crippen molar-refractivity contribution in [3.63, 3.8) is 0 Å². The molecule has 1 aromatic carbocycles. The second-order valence-corrected chi connectivity index (χ2v) is 5.48. The van der Waals surface area contributed by atoms with Crippen LogP contribution in [0.3, 0.4) is 0 Å². The Morgan fingerprint density at radius 3 is 2.33 bits per heavy atom. The van der Waals surface area contributed by atoms with Crippen LogP contribution in [0.1, 0.15) is 11.5 Å². The topological polar surface area (TPSA) is 58.3 Å². The molecule has 5 heteroatoms. The Balaban J connectivity index is 1.70. The standard InChI is InChI=1S/C16H21N5/c1-12-10-16(19-13(2)18-12)21-8-6-20(7-9-21)15-5-3-4-14(17)11-15/h3-5,10-11H,6-9,17H2,1-2H3. The van der Waals surface area contributed by atoms with Crippen LogP contribution in [0.4, 0.5) is 17.2 Å². The first-order valence-electron chi connectivity index (χ1n) is 7.29. The highest BCUT2D eigenvalue weighted by atomic mass is 15.3. The van der Waals surface area contributed by atoms with Crippen LogP contribution in [-0.4, -0.2) is 36.1 Å². The van der Waals surface area contributed by atoms with Gasteiger partial charge in [-0.1, -0.05) is 6.07 Å². The molecule has 3 rings (SSSR count). The molecular formula is C16H21N5. The lowest BCUT2D eigenvalue weighted by Crippen LogP contribution is -2.47. The zero-order chi connectivity index (χ0) is 14.8. The molecule has 0 bridgehead atoms. The molecule has 1 aliphatic rings. The molecule has 0 unspecified atom stereocenters. The average molecular weight is 283 g/mol. The molecule has 1 fully saturated rings. The fourth-order valence-electron chi connectivity index (χ4n) is 2.77. The highest BCUT2D eigenvalue weighted by Crippen LogP contribution is 2.21. The van der Waals surface area contributed by atoms with E-state index in [-0.39, 0.29) is 0 Å². The Bertz CT molecular complexity index is 612. The molecule has 21 heavy (non-hydrogen) atoms. The Morgan fingerprint density at radius 1 is 0.952 bits per heavy atom. The third-order valence-corrected chi connectivity index (χ3v) is 3.79. The summed E-state index contributed by atoms with van der Waals surface area (Å²) in [6.45, 7) is 7.84. The van der Waals surface area contributed by atoms with E-state index >= 15 is 0 Å². The molecule has 1 aromatic heterocycles. The van der Waals surface area contributed by atoms with Crippen molar-refractivity contribution in [2.24, 2.45) is 0 Å². The zero-order valence-corrected chi connectivity index (χ0v) is 12.6. The number of nitrogens with zero attached hydrogens (tertiary/aromatic N) is 4. The molecule has 110 valence electrons. The zero-order valence-electron chi connectivity index (χ0n) is 12.6. The van der Waals surface area contributed by atoms with Crippen LogP contribution in [0.15, 0.2) is 30.3 Å². The van der Waals surface area contributed by atoms with Crippen molar-refractivity contribution < 1.29 is 0 Å². The summed E-state index contributed by atoms with van der Waals surface area (Å²) in [6, 6.07) is 10.1. The molecule has 0 amide bonds. The third-order valence-electron chi connectivity index (χ3n) is 3.79. The summed E-state index contributed by atoms with van der Waals surface area (Å²) in [6.07, 6.45) is 0. The van der Waals surface area contributed by atoms with E-state index in [1.165, 1.54) is 5.69 Å². The van der Waals surface area contributed by atoms with Gasteiger partial charge < -0.3 is 15.5 Å². The van der Waals surface area contributed by atoms with E-state index in [0.717, 1.165) is 49.2 Å². The van der Waals surface area contributed by atoms with Crippen LogP contribution >= 0.6 is 0 Å². The molecule has 2 N–H and O–H groups in total. The summed E-state index contributed by atoms with van der Waals surface area (Å²) >= 11 is 0. The fraction of sp³-hybridized carbons (Fsp3) is 0.375. The van der Waals surface area contributed by atoms with Gasteiger partial charge in [-0.25, -0.2) is 9.97 Å². The summed E-state index contributed by atoms with van der Waals surface area (Å²) in [5.41, 5.74) is 8.90. The van der Waals surface area contributed by atoms with E-state index in [2.05, 4.69) is 31.9 Å². The van der Waals surface area contributed by atoms with Crippen LogP contribution < -0.4 is 15.5 Å². The molecule has 2 aromatic rings. The Kier molecular flexibility index (Phi) is 3.64. The van der Waals surface area contributed by atoms with Gasteiger partial charge in [0.25, 0.3) is 0 Å². The predicted molar refractivity (Wildman–Crippen MR) is 86.8 cm³/mol. The SMILES string of the molecule is Cc1cc(N2CCN(c3cccc(N)c3)CC2)nc(C)n1. The lowest BCUT2D eigenvalue weighted by molar-refractivity contribution is 0.645. The van der Waals surface area contributed by atoms with Gasteiger partial charge in [0.15, 0.2) is 0 Å². The molecular weight excluding hydrogens is 262 g/mol. The molecule has 5 nitrogen and oxygen atoms in total. The number of hydrogen-bond acceptors (Lipinski definition) is 5. The number of benzene rings is 1. The first kappa shape index (κ1) is 13.7. The number of nitrogens with two attached hydrogens (primary N) is 1. The molecule has 0 atom stereocenters. The van der Waals surface area contributed by atoms with Gasteiger partial charge in [0.1, 0.15) is 11.6 Å². The lowest BCUT2D eigenvalue weighted by atomic mass is 10.2. The quantitative estimate of drug-likeness (QED) is 0.854. The van der Waals surface area contributed by atoms with Crippen molar-refractivity contribution in [3.8, 4) is 0 Å². The first-order valence-corrected chi connectivity index (χ1v) is 7.29.